The lowest BCUT2D eigenvalue weighted by Gasteiger charge is -2.28. The molecule has 3 heterocycles. The Morgan fingerprint density at radius 2 is 1.73 bits per heavy atom. The highest BCUT2D eigenvalue weighted by Crippen LogP contribution is 2.49. The maximum Gasteiger partial charge on any atom is 0.266 e. The molecule has 0 bridgehead atoms. The minimum absolute atomic E-state index is 0.269. The molecule has 6 nitrogen and oxygen atoms in total. The second-order valence-electron chi connectivity index (χ2n) is 7.09. The zero-order chi connectivity index (χ0) is 20.7. The van der Waals surface area contributed by atoms with E-state index in [9.17, 15) is 9.59 Å². The van der Waals surface area contributed by atoms with Gasteiger partial charge in [0.25, 0.3) is 5.91 Å². The molecule has 2 amide bonds. The van der Waals surface area contributed by atoms with Gasteiger partial charge in [-0.25, -0.2) is 9.96 Å². The van der Waals surface area contributed by atoms with Crippen LogP contribution in [-0.2, 0) is 14.4 Å². The SMILES string of the molecule is CCOc1ccccc1N1C(=O)[C@@H]2[C@H](ON(c3ccccc3)[C@@H]2c2cccs2)C1=O. The molecule has 0 saturated carbocycles. The molecule has 152 valence electrons. The largest absolute Gasteiger partial charge is 0.492 e. The normalized spacial score (nSPS) is 23.2. The average molecular weight is 420 g/mol. The summed E-state index contributed by atoms with van der Waals surface area (Å²) in [7, 11) is 0. The summed E-state index contributed by atoms with van der Waals surface area (Å²) in [4.78, 5) is 35.3. The van der Waals surface area contributed by atoms with Crippen LogP contribution in [0.2, 0.25) is 0 Å². The summed E-state index contributed by atoms with van der Waals surface area (Å²) in [6.07, 6.45) is -0.875. The molecule has 3 aromatic rings. The Kier molecular flexibility index (Phi) is 4.77. The maximum absolute atomic E-state index is 13.6. The second-order valence-corrected chi connectivity index (χ2v) is 8.07. The molecule has 0 radical (unpaired) electrons. The summed E-state index contributed by atoms with van der Waals surface area (Å²) < 4.78 is 5.66. The van der Waals surface area contributed by atoms with Gasteiger partial charge in [0.1, 0.15) is 17.7 Å². The third kappa shape index (κ3) is 2.89. The van der Waals surface area contributed by atoms with Crippen LogP contribution in [0, 0.1) is 5.92 Å². The van der Waals surface area contributed by atoms with E-state index in [2.05, 4.69) is 0 Å². The summed E-state index contributed by atoms with van der Waals surface area (Å²) in [6, 6.07) is 20.2. The summed E-state index contributed by atoms with van der Waals surface area (Å²) >= 11 is 1.55. The van der Waals surface area contributed by atoms with Gasteiger partial charge >= 0.3 is 0 Å². The van der Waals surface area contributed by atoms with E-state index in [4.69, 9.17) is 9.57 Å². The van der Waals surface area contributed by atoms with Crippen molar-refractivity contribution < 1.29 is 19.2 Å². The van der Waals surface area contributed by atoms with Gasteiger partial charge in [0.2, 0.25) is 5.91 Å². The van der Waals surface area contributed by atoms with Gasteiger partial charge in [0.05, 0.1) is 18.0 Å². The van der Waals surface area contributed by atoms with Crippen molar-refractivity contribution in [3.8, 4) is 5.75 Å². The van der Waals surface area contributed by atoms with Crippen LogP contribution < -0.4 is 14.7 Å². The Hall–Kier alpha value is -3.16. The maximum atomic E-state index is 13.6. The Morgan fingerprint density at radius 3 is 2.47 bits per heavy atom. The zero-order valence-electron chi connectivity index (χ0n) is 16.3. The zero-order valence-corrected chi connectivity index (χ0v) is 17.1. The van der Waals surface area contributed by atoms with Gasteiger partial charge in [-0.2, -0.15) is 0 Å². The Morgan fingerprint density at radius 1 is 0.967 bits per heavy atom. The highest BCUT2D eigenvalue weighted by atomic mass is 32.1. The smallest absolute Gasteiger partial charge is 0.266 e. The molecule has 30 heavy (non-hydrogen) atoms. The van der Waals surface area contributed by atoms with Crippen molar-refractivity contribution in [2.45, 2.75) is 19.1 Å². The highest BCUT2D eigenvalue weighted by Gasteiger charge is 2.60. The number of para-hydroxylation sites is 3. The third-order valence-corrected chi connectivity index (χ3v) is 6.31. The van der Waals surface area contributed by atoms with E-state index in [1.54, 1.807) is 34.6 Å². The van der Waals surface area contributed by atoms with E-state index in [0.717, 1.165) is 10.6 Å². The van der Waals surface area contributed by atoms with E-state index in [0.29, 0.717) is 18.0 Å². The monoisotopic (exact) mass is 420 g/mol. The predicted octanol–water partition coefficient (Wildman–Crippen LogP) is 4.20. The Bertz CT molecular complexity index is 1070. The molecule has 2 fully saturated rings. The van der Waals surface area contributed by atoms with Crippen LogP contribution in [0.25, 0.3) is 0 Å². The number of amides is 2. The number of fused-ring (bicyclic) bond motifs is 1. The number of carbonyl (C=O) groups excluding carboxylic acids is 2. The summed E-state index contributed by atoms with van der Waals surface area (Å²) in [6.45, 7) is 2.31. The molecule has 7 heteroatoms. The summed E-state index contributed by atoms with van der Waals surface area (Å²) in [5, 5.41) is 3.68. The van der Waals surface area contributed by atoms with Crippen molar-refractivity contribution >= 4 is 34.5 Å². The Balaban J connectivity index is 1.56. The van der Waals surface area contributed by atoms with Gasteiger partial charge in [-0.15, -0.1) is 11.3 Å². The minimum atomic E-state index is -0.875. The molecular weight excluding hydrogens is 400 g/mol. The van der Waals surface area contributed by atoms with Crippen molar-refractivity contribution in [3.63, 3.8) is 0 Å². The number of hydrogen-bond acceptors (Lipinski definition) is 6. The summed E-state index contributed by atoms with van der Waals surface area (Å²) in [5.74, 6) is -0.758. The fourth-order valence-corrected chi connectivity index (χ4v) is 4.97. The standard InChI is InChI=1S/C23H20N2O4S/c1-2-28-17-12-7-6-11-16(17)24-22(26)19-20(18-13-8-14-30-18)25(29-21(19)23(24)27)15-9-4-3-5-10-15/h3-14,19-21H,2H2,1H3/t19-,20+,21-/m0/s1. The lowest BCUT2D eigenvalue weighted by Crippen LogP contribution is -2.37. The van der Waals surface area contributed by atoms with Crippen LogP contribution in [0.5, 0.6) is 5.75 Å². The molecule has 0 N–H and O–H groups in total. The number of hydrogen-bond donors (Lipinski definition) is 0. The first-order valence-electron chi connectivity index (χ1n) is 9.84. The molecule has 2 aliphatic rings. The van der Waals surface area contributed by atoms with Crippen molar-refractivity contribution in [1.82, 2.24) is 0 Å². The highest BCUT2D eigenvalue weighted by molar-refractivity contribution is 7.10. The summed E-state index contributed by atoms with van der Waals surface area (Å²) in [5.41, 5.74) is 1.27. The van der Waals surface area contributed by atoms with Gasteiger partial charge in [0.15, 0.2) is 6.10 Å². The molecule has 3 atom stereocenters. The van der Waals surface area contributed by atoms with E-state index in [1.165, 1.54) is 4.90 Å². The van der Waals surface area contributed by atoms with Gasteiger partial charge in [-0.05, 0) is 42.6 Å². The average Bonchev–Trinajstić information content (AvgIpc) is 3.48. The van der Waals surface area contributed by atoms with Crippen molar-refractivity contribution in [3.05, 3.63) is 77.0 Å². The van der Waals surface area contributed by atoms with Crippen LogP contribution in [0.3, 0.4) is 0 Å². The number of ether oxygens (including phenoxy) is 1. The molecule has 0 aliphatic carbocycles. The van der Waals surface area contributed by atoms with E-state index in [1.807, 2.05) is 60.8 Å². The van der Waals surface area contributed by atoms with Crippen molar-refractivity contribution in [2.24, 2.45) is 5.92 Å². The van der Waals surface area contributed by atoms with Gasteiger partial charge in [-0.1, -0.05) is 36.4 Å². The van der Waals surface area contributed by atoms with E-state index < -0.39 is 12.0 Å². The van der Waals surface area contributed by atoms with Crippen LogP contribution in [0.15, 0.2) is 72.1 Å². The van der Waals surface area contributed by atoms with E-state index >= 15 is 0 Å². The molecule has 2 aromatic carbocycles. The molecule has 2 aliphatic heterocycles. The number of nitrogens with zero attached hydrogens (tertiary/aromatic N) is 2. The van der Waals surface area contributed by atoms with Crippen LogP contribution >= 0.6 is 11.3 Å². The quantitative estimate of drug-likeness (QED) is 0.579. The first-order valence-corrected chi connectivity index (χ1v) is 10.7. The predicted molar refractivity (Wildman–Crippen MR) is 114 cm³/mol. The number of thiophene rings is 1. The first-order chi connectivity index (χ1) is 14.7. The number of carbonyl (C=O) groups is 2. The van der Waals surface area contributed by atoms with Gasteiger partial charge in [0, 0.05) is 4.88 Å². The molecule has 0 unspecified atom stereocenters. The van der Waals surface area contributed by atoms with Crippen LogP contribution in [-0.4, -0.2) is 24.5 Å². The minimum Gasteiger partial charge on any atom is -0.492 e. The van der Waals surface area contributed by atoms with E-state index in [-0.39, 0.29) is 17.9 Å². The third-order valence-electron chi connectivity index (χ3n) is 5.37. The number of imide groups is 1. The number of benzene rings is 2. The molecule has 0 spiro atoms. The molecule has 1 aromatic heterocycles. The van der Waals surface area contributed by atoms with Crippen molar-refractivity contribution in [1.29, 1.82) is 0 Å². The second kappa shape index (κ2) is 7.59. The lowest BCUT2D eigenvalue weighted by atomic mass is 9.95. The number of hydroxylamine groups is 1. The number of anilines is 2. The first kappa shape index (κ1) is 18.8. The van der Waals surface area contributed by atoms with Crippen LogP contribution in [0.4, 0.5) is 11.4 Å². The molecular formula is C23H20N2O4S. The molecule has 5 rings (SSSR count). The topological polar surface area (TPSA) is 59.1 Å². The number of rotatable bonds is 5. The van der Waals surface area contributed by atoms with Gasteiger partial charge in [-0.3, -0.25) is 14.4 Å². The lowest BCUT2D eigenvalue weighted by molar-refractivity contribution is -0.126. The molecule has 2 saturated heterocycles. The van der Waals surface area contributed by atoms with Crippen molar-refractivity contribution in [2.75, 3.05) is 16.6 Å². The fraction of sp³-hybridized carbons (Fsp3) is 0.217. The van der Waals surface area contributed by atoms with Gasteiger partial charge < -0.3 is 4.74 Å². The fourth-order valence-electron chi connectivity index (χ4n) is 4.12. The Labute approximate surface area is 178 Å². The van der Waals surface area contributed by atoms with Crippen LogP contribution in [0.1, 0.15) is 17.8 Å².